The number of hydrogen-bond donors (Lipinski definition) is 2. The van der Waals surface area contributed by atoms with E-state index in [1.54, 1.807) is 0 Å². The zero-order valence-electron chi connectivity index (χ0n) is 11.8. The molecule has 1 aliphatic heterocycles. The van der Waals surface area contributed by atoms with Gasteiger partial charge in [0.15, 0.2) is 0 Å². The van der Waals surface area contributed by atoms with Crippen molar-refractivity contribution < 1.29 is 4.79 Å². The number of carbonyl (C=O) groups excluding carboxylic acids is 1. The van der Waals surface area contributed by atoms with Gasteiger partial charge in [0.25, 0.3) is 5.91 Å². The minimum absolute atomic E-state index is 0.00328. The Kier molecular flexibility index (Phi) is 4.80. The summed E-state index contributed by atoms with van der Waals surface area (Å²) in [5.41, 5.74) is 2.76. The molecular weight excluding hydrogens is 238 g/mol. The molecule has 0 atom stereocenters. The molecule has 19 heavy (non-hydrogen) atoms. The Labute approximate surface area is 115 Å². The fraction of sp³-hybridized carbons (Fsp3) is 0.533. The highest BCUT2D eigenvalue weighted by atomic mass is 16.1. The second-order valence-electron chi connectivity index (χ2n) is 5.10. The van der Waals surface area contributed by atoms with E-state index in [2.05, 4.69) is 15.5 Å². The third-order valence-corrected chi connectivity index (χ3v) is 3.60. The summed E-state index contributed by atoms with van der Waals surface area (Å²) in [6.45, 7) is 6.03. The van der Waals surface area contributed by atoms with Gasteiger partial charge < -0.3 is 15.5 Å². The zero-order valence-corrected chi connectivity index (χ0v) is 11.8. The monoisotopic (exact) mass is 261 g/mol. The van der Waals surface area contributed by atoms with Crippen LogP contribution in [0.5, 0.6) is 0 Å². The molecule has 1 aromatic rings. The lowest BCUT2D eigenvalue weighted by Gasteiger charge is -2.15. The van der Waals surface area contributed by atoms with Gasteiger partial charge in [0.1, 0.15) is 0 Å². The lowest BCUT2D eigenvalue weighted by molar-refractivity contribution is 0.0950. The highest BCUT2D eigenvalue weighted by Gasteiger charge is 2.13. The first-order valence-corrected chi connectivity index (χ1v) is 6.99. The first kappa shape index (κ1) is 13.9. The van der Waals surface area contributed by atoms with Crippen molar-refractivity contribution in [2.45, 2.75) is 19.8 Å². The van der Waals surface area contributed by atoms with E-state index in [0.717, 1.165) is 29.9 Å². The van der Waals surface area contributed by atoms with Crippen LogP contribution >= 0.6 is 0 Å². The van der Waals surface area contributed by atoms with Crippen LogP contribution in [0.2, 0.25) is 0 Å². The van der Waals surface area contributed by atoms with Crippen molar-refractivity contribution in [2.24, 2.45) is 0 Å². The number of nitrogens with zero attached hydrogens (tertiary/aromatic N) is 1. The fourth-order valence-corrected chi connectivity index (χ4v) is 2.49. The van der Waals surface area contributed by atoms with Crippen molar-refractivity contribution in [3.8, 4) is 0 Å². The predicted molar refractivity (Wildman–Crippen MR) is 78.7 cm³/mol. The topological polar surface area (TPSA) is 44.4 Å². The molecule has 0 radical (unpaired) electrons. The molecular formula is C15H23N3O. The summed E-state index contributed by atoms with van der Waals surface area (Å²) >= 11 is 0. The van der Waals surface area contributed by atoms with E-state index in [1.807, 2.05) is 32.2 Å². The smallest absolute Gasteiger partial charge is 0.253 e. The number of hydrogen-bond acceptors (Lipinski definition) is 3. The lowest BCUT2D eigenvalue weighted by atomic mass is 10.1. The Balaban J connectivity index is 1.88. The molecule has 0 aliphatic carbocycles. The molecule has 1 saturated heterocycles. The van der Waals surface area contributed by atoms with Gasteiger partial charge >= 0.3 is 0 Å². The number of anilines is 1. The number of rotatable bonds is 5. The number of nitrogens with one attached hydrogen (secondary N) is 2. The number of amides is 1. The van der Waals surface area contributed by atoms with Crippen molar-refractivity contribution in [1.82, 2.24) is 10.2 Å². The minimum Gasteiger partial charge on any atom is -0.387 e. The number of likely N-dealkylation sites (tertiary alicyclic amines) is 1. The van der Waals surface area contributed by atoms with Gasteiger partial charge in [-0.3, -0.25) is 4.79 Å². The van der Waals surface area contributed by atoms with Gasteiger partial charge in [-0.05, 0) is 50.6 Å². The van der Waals surface area contributed by atoms with Crippen molar-refractivity contribution in [3.05, 3.63) is 29.3 Å². The molecule has 1 heterocycles. The molecule has 0 saturated carbocycles. The molecule has 0 spiro atoms. The minimum atomic E-state index is 0.00328. The van der Waals surface area contributed by atoms with Crippen molar-refractivity contribution in [2.75, 3.05) is 38.5 Å². The quantitative estimate of drug-likeness (QED) is 0.850. The molecule has 0 unspecified atom stereocenters. The second-order valence-corrected chi connectivity index (χ2v) is 5.10. The summed E-state index contributed by atoms with van der Waals surface area (Å²) in [6, 6.07) is 5.85. The van der Waals surface area contributed by atoms with Crippen LogP contribution in [0.4, 0.5) is 5.69 Å². The fourth-order valence-electron chi connectivity index (χ4n) is 2.49. The Morgan fingerprint density at radius 2 is 2.05 bits per heavy atom. The zero-order chi connectivity index (χ0) is 13.7. The summed E-state index contributed by atoms with van der Waals surface area (Å²) in [6.07, 6.45) is 2.58. The molecule has 104 valence electrons. The largest absolute Gasteiger partial charge is 0.387 e. The van der Waals surface area contributed by atoms with Crippen molar-refractivity contribution >= 4 is 11.6 Å². The van der Waals surface area contributed by atoms with E-state index in [4.69, 9.17) is 0 Å². The van der Waals surface area contributed by atoms with Crippen LogP contribution in [-0.2, 0) is 0 Å². The van der Waals surface area contributed by atoms with E-state index in [1.165, 1.54) is 25.9 Å². The Bertz CT molecular complexity index is 439. The van der Waals surface area contributed by atoms with E-state index in [-0.39, 0.29) is 5.91 Å². The van der Waals surface area contributed by atoms with Gasteiger partial charge in [-0.25, -0.2) is 0 Å². The molecule has 2 N–H and O–H groups in total. The van der Waals surface area contributed by atoms with Crippen LogP contribution in [0, 0.1) is 6.92 Å². The molecule has 4 heteroatoms. The van der Waals surface area contributed by atoms with E-state index >= 15 is 0 Å². The number of aryl methyl sites for hydroxylation is 1. The van der Waals surface area contributed by atoms with E-state index < -0.39 is 0 Å². The molecule has 1 amide bonds. The molecule has 2 rings (SSSR count). The molecule has 0 aromatic heterocycles. The maximum Gasteiger partial charge on any atom is 0.253 e. The second kappa shape index (κ2) is 6.57. The summed E-state index contributed by atoms with van der Waals surface area (Å²) in [5, 5.41) is 6.08. The maximum absolute atomic E-state index is 12.1. The number of carbonyl (C=O) groups is 1. The summed E-state index contributed by atoms with van der Waals surface area (Å²) in [5.74, 6) is 0.00328. The summed E-state index contributed by atoms with van der Waals surface area (Å²) < 4.78 is 0. The maximum atomic E-state index is 12.1. The standard InChI is InChI=1S/C15H23N3O/c1-12-5-6-13(14(11-12)16-2)15(19)17-7-10-18-8-3-4-9-18/h5-6,11,16H,3-4,7-10H2,1-2H3,(H,17,19). The average Bonchev–Trinajstić information content (AvgIpc) is 2.91. The van der Waals surface area contributed by atoms with Crippen LogP contribution in [-0.4, -0.2) is 44.0 Å². The van der Waals surface area contributed by atoms with Crippen molar-refractivity contribution in [3.63, 3.8) is 0 Å². The van der Waals surface area contributed by atoms with E-state index in [0.29, 0.717) is 0 Å². The van der Waals surface area contributed by atoms with Crippen LogP contribution in [0.25, 0.3) is 0 Å². The van der Waals surface area contributed by atoms with Crippen LogP contribution in [0.1, 0.15) is 28.8 Å². The molecule has 1 aromatic carbocycles. The Morgan fingerprint density at radius 3 is 2.74 bits per heavy atom. The third kappa shape index (κ3) is 3.70. The van der Waals surface area contributed by atoms with Gasteiger partial charge in [-0.2, -0.15) is 0 Å². The summed E-state index contributed by atoms with van der Waals surface area (Å²) in [4.78, 5) is 14.5. The van der Waals surface area contributed by atoms with Gasteiger partial charge in [-0.15, -0.1) is 0 Å². The SMILES string of the molecule is CNc1cc(C)ccc1C(=O)NCCN1CCCC1. The average molecular weight is 261 g/mol. The molecule has 0 bridgehead atoms. The Hall–Kier alpha value is -1.55. The summed E-state index contributed by atoms with van der Waals surface area (Å²) in [7, 11) is 1.84. The lowest BCUT2D eigenvalue weighted by Crippen LogP contribution is -2.33. The third-order valence-electron chi connectivity index (χ3n) is 3.60. The first-order valence-electron chi connectivity index (χ1n) is 6.99. The normalized spacial score (nSPS) is 15.5. The highest BCUT2D eigenvalue weighted by Crippen LogP contribution is 2.16. The van der Waals surface area contributed by atoms with Crippen LogP contribution < -0.4 is 10.6 Å². The first-order chi connectivity index (χ1) is 9.20. The van der Waals surface area contributed by atoms with Crippen LogP contribution in [0.15, 0.2) is 18.2 Å². The molecule has 1 fully saturated rings. The Morgan fingerprint density at radius 1 is 1.32 bits per heavy atom. The van der Waals surface area contributed by atoms with Crippen LogP contribution in [0.3, 0.4) is 0 Å². The van der Waals surface area contributed by atoms with Gasteiger partial charge in [0, 0.05) is 25.8 Å². The van der Waals surface area contributed by atoms with Crippen molar-refractivity contribution in [1.29, 1.82) is 0 Å². The number of benzene rings is 1. The molecule has 1 aliphatic rings. The van der Waals surface area contributed by atoms with Gasteiger partial charge in [0.2, 0.25) is 0 Å². The van der Waals surface area contributed by atoms with Gasteiger partial charge in [-0.1, -0.05) is 6.07 Å². The molecule has 4 nitrogen and oxygen atoms in total. The van der Waals surface area contributed by atoms with Gasteiger partial charge in [0.05, 0.1) is 5.56 Å². The predicted octanol–water partition coefficient (Wildman–Crippen LogP) is 1.86. The highest BCUT2D eigenvalue weighted by molar-refractivity contribution is 5.99. The van der Waals surface area contributed by atoms with E-state index in [9.17, 15) is 4.79 Å².